The molecule has 1 heterocycles. The Morgan fingerprint density at radius 3 is 2.38 bits per heavy atom. The first-order valence-electron chi connectivity index (χ1n) is 7.62. The number of aromatic nitrogens is 1. The Morgan fingerprint density at radius 1 is 1.10 bits per heavy atom. The van der Waals surface area contributed by atoms with Gasteiger partial charge in [-0.2, -0.15) is 0 Å². The van der Waals surface area contributed by atoms with Gasteiger partial charge < -0.3 is 4.74 Å². The van der Waals surface area contributed by atoms with Crippen molar-refractivity contribution in [3.05, 3.63) is 40.0 Å². The number of fused-ring (bicyclic) bond motifs is 1. The predicted octanol–water partition coefficient (Wildman–Crippen LogP) is 3.22. The van der Waals surface area contributed by atoms with E-state index in [1.807, 2.05) is 39.8 Å². The largest absolute Gasteiger partial charge is 0.464 e. The van der Waals surface area contributed by atoms with Crippen LogP contribution in [0.4, 0.5) is 0 Å². The zero-order valence-corrected chi connectivity index (χ0v) is 14.1. The number of hydrogen-bond donors (Lipinski definition) is 0. The van der Waals surface area contributed by atoms with E-state index in [0.29, 0.717) is 5.69 Å². The minimum absolute atomic E-state index is 0.359. The number of pyridine rings is 1. The lowest BCUT2D eigenvalue weighted by Gasteiger charge is -2.02. The van der Waals surface area contributed by atoms with Gasteiger partial charge in [-0.05, 0) is 31.1 Å². The van der Waals surface area contributed by atoms with Crippen LogP contribution in [0.1, 0.15) is 57.9 Å². The summed E-state index contributed by atoms with van der Waals surface area (Å²) in [4.78, 5) is 15.7. The van der Waals surface area contributed by atoms with Crippen molar-refractivity contribution in [1.82, 2.24) is 4.98 Å². The van der Waals surface area contributed by atoms with Crippen LogP contribution in [-0.2, 0) is 4.74 Å². The average Bonchev–Trinajstić information content (AvgIpc) is 2.54. The number of carbonyl (C=O) groups is 1. The summed E-state index contributed by atoms with van der Waals surface area (Å²) in [6.45, 7) is 10.1. The molecule has 0 unspecified atom stereocenters. The van der Waals surface area contributed by atoms with Gasteiger partial charge in [-0.3, -0.25) is 0 Å². The number of methoxy groups -OCH3 is 1. The van der Waals surface area contributed by atoms with Crippen LogP contribution >= 0.6 is 0 Å². The first-order valence-corrected chi connectivity index (χ1v) is 7.62. The number of ether oxygens (including phenoxy) is 1. The van der Waals surface area contributed by atoms with E-state index in [9.17, 15) is 4.79 Å². The zero-order valence-electron chi connectivity index (χ0n) is 14.1. The van der Waals surface area contributed by atoms with E-state index in [1.54, 1.807) is 6.07 Å². The predicted molar refractivity (Wildman–Crippen MR) is 89.4 cm³/mol. The molecule has 2 rings (SSSR count). The highest BCUT2D eigenvalue weighted by Gasteiger charge is 2.06. The van der Waals surface area contributed by atoms with Crippen molar-refractivity contribution in [3.63, 3.8) is 0 Å². The Bertz CT molecular complexity index is 586. The highest BCUT2D eigenvalue weighted by atomic mass is 16.5. The molecule has 0 spiro atoms. The van der Waals surface area contributed by atoms with Gasteiger partial charge >= 0.3 is 5.97 Å². The first-order chi connectivity index (χ1) is 10.2. The standard InChI is InChI=1S/C14H15NO2.2C2H6/c1-10-4-3-5-11-7-9-13(14(16)17-2)15-12(11)8-6-10;2*1-2/h4-5,7-9H,3,6H2,1-2H3;2*1-2H3/b10-4?,11-5-,12-8+;;. The Hall–Kier alpha value is -1.90. The highest BCUT2D eigenvalue weighted by Crippen LogP contribution is 2.03. The lowest BCUT2D eigenvalue weighted by Crippen LogP contribution is -2.30. The maximum Gasteiger partial charge on any atom is 0.356 e. The van der Waals surface area contributed by atoms with Crippen LogP contribution in [0.25, 0.3) is 12.2 Å². The SMILES string of the molecule is CC.CC.COC(=O)c1ccc2/c(n1)=C\CC(C)=CC\C=2. The molecule has 3 heteroatoms. The van der Waals surface area contributed by atoms with Crippen molar-refractivity contribution in [2.24, 2.45) is 0 Å². The van der Waals surface area contributed by atoms with E-state index in [4.69, 9.17) is 0 Å². The molecular weight excluding hydrogens is 262 g/mol. The molecule has 0 amide bonds. The third kappa shape index (κ3) is 5.94. The fraction of sp³-hybridized carbons (Fsp3) is 0.444. The molecule has 0 saturated carbocycles. The van der Waals surface area contributed by atoms with Gasteiger partial charge in [-0.1, -0.05) is 57.6 Å². The van der Waals surface area contributed by atoms with E-state index >= 15 is 0 Å². The molecule has 0 bridgehead atoms. The van der Waals surface area contributed by atoms with Crippen LogP contribution in [0.3, 0.4) is 0 Å². The van der Waals surface area contributed by atoms with Crippen LogP contribution in [0, 0.1) is 0 Å². The number of allylic oxidation sites excluding steroid dienone is 2. The van der Waals surface area contributed by atoms with Gasteiger partial charge in [-0.25, -0.2) is 9.78 Å². The van der Waals surface area contributed by atoms with Crippen molar-refractivity contribution in [1.29, 1.82) is 0 Å². The molecule has 0 saturated heterocycles. The van der Waals surface area contributed by atoms with Crippen LogP contribution in [-0.4, -0.2) is 18.1 Å². The highest BCUT2D eigenvalue weighted by molar-refractivity contribution is 5.86. The Morgan fingerprint density at radius 2 is 1.76 bits per heavy atom. The van der Waals surface area contributed by atoms with E-state index in [1.165, 1.54) is 12.7 Å². The smallest absolute Gasteiger partial charge is 0.356 e. The van der Waals surface area contributed by atoms with Crippen LogP contribution < -0.4 is 10.6 Å². The Labute approximate surface area is 128 Å². The van der Waals surface area contributed by atoms with Gasteiger partial charge in [-0.15, -0.1) is 0 Å². The topological polar surface area (TPSA) is 39.2 Å². The summed E-state index contributed by atoms with van der Waals surface area (Å²) in [5.74, 6) is -0.393. The number of esters is 1. The van der Waals surface area contributed by atoms with Gasteiger partial charge in [0.05, 0.1) is 12.5 Å². The Kier molecular flexibility index (Phi) is 9.86. The first kappa shape index (κ1) is 19.1. The molecule has 0 aliphatic heterocycles. The second-order valence-corrected chi connectivity index (χ2v) is 4.06. The number of carbonyl (C=O) groups excluding carboxylic acids is 1. The third-order valence-electron chi connectivity index (χ3n) is 2.77. The minimum atomic E-state index is -0.393. The maximum atomic E-state index is 11.4. The van der Waals surface area contributed by atoms with E-state index < -0.39 is 5.97 Å². The number of nitrogens with zero attached hydrogens (tertiary/aromatic N) is 1. The molecule has 0 N–H and O–H groups in total. The van der Waals surface area contributed by atoms with Crippen LogP contribution in [0.15, 0.2) is 23.8 Å². The number of rotatable bonds is 1. The molecule has 1 aromatic rings. The molecule has 1 aliphatic carbocycles. The van der Waals surface area contributed by atoms with Crippen molar-refractivity contribution < 1.29 is 9.53 Å². The van der Waals surface area contributed by atoms with Crippen molar-refractivity contribution in [2.45, 2.75) is 47.5 Å². The van der Waals surface area contributed by atoms with Crippen LogP contribution in [0.5, 0.6) is 0 Å². The second kappa shape index (κ2) is 10.8. The van der Waals surface area contributed by atoms with Gasteiger partial charge in [0, 0.05) is 0 Å². The summed E-state index contributed by atoms with van der Waals surface area (Å²) in [5, 5.41) is 1.93. The quantitative estimate of drug-likeness (QED) is 0.588. The molecule has 3 nitrogen and oxygen atoms in total. The van der Waals surface area contributed by atoms with Crippen LogP contribution in [0.2, 0.25) is 0 Å². The second-order valence-electron chi connectivity index (χ2n) is 4.06. The molecule has 116 valence electrons. The summed E-state index contributed by atoms with van der Waals surface area (Å²) >= 11 is 0. The normalized spacial score (nSPS) is 15.4. The molecule has 0 atom stereocenters. The van der Waals surface area contributed by atoms with E-state index in [-0.39, 0.29) is 0 Å². The average molecular weight is 289 g/mol. The molecule has 0 aromatic carbocycles. The fourth-order valence-corrected chi connectivity index (χ4v) is 1.77. The molecule has 1 aromatic heterocycles. The van der Waals surface area contributed by atoms with Crippen molar-refractivity contribution in [2.75, 3.05) is 7.11 Å². The van der Waals surface area contributed by atoms with Gasteiger partial charge in [0.15, 0.2) is 0 Å². The summed E-state index contributed by atoms with van der Waals surface area (Å²) in [7, 11) is 1.36. The van der Waals surface area contributed by atoms with Gasteiger partial charge in [0.2, 0.25) is 0 Å². The summed E-state index contributed by atoms with van der Waals surface area (Å²) in [6.07, 6.45) is 8.14. The molecule has 21 heavy (non-hydrogen) atoms. The lowest BCUT2D eigenvalue weighted by atomic mass is 10.1. The lowest BCUT2D eigenvalue weighted by molar-refractivity contribution is 0.0593. The van der Waals surface area contributed by atoms with Gasteiger partial charge in [0.1, 0.15) is 5.69 Å². The summed E-state index contributed by atoms with van der Waals surface area (Å²) < 4.78 is 4.67. The minimum Gasteiger partial charge on any atom is -0.464 e. The van der Waals surface area contributed by atoms with E-state index in [2.05, 4.69) is 28.8 Å². The number of hydrogen-bond acceptors (Lipinski definition) is 3. The van der Waals surface area contributed by atoms with Crippen molar-refractivity contribution >= 4 is 18.1 Å². The van der Waals surface area contributed by atoms with E-state index in [0.717, 1.165) is 23.4 Å². The summed E-state index contributed by atoms with van der Waals surface area (Å²) in [6, 6.07) is 3.62. The van der Waals surface area contributed by atoms with Gasteiger partial charge in [0.25, 0.3) is 0 Å². The zero-order chi connectivity index (χ0) is 16.3. The molecule has 0 radical (unpaired) electrons. The summed E-state index contributed by atoms with van der Waals surface area (Å²) in [5.41, 5.74) is 1.68. The third-order valence-corrected chi connectivity index (χ3v) is 2.77. The molecule has 0 fully saturated rings. The molecule has 1 aliphatic rings. The molecular formula is C18H27NO2. The maximum absolute atomic E-state index is 11.4. The Balaban J connectivity index is 0.000000921. The van der Waals surface area contributed by atoms with Crippen molar-refractivity contribution in [3.8, 4) is 0 Å². The fourth-order valence-electron chi connectivity index (χ4n) is 1.77. The monoisotopic (exact) mass is 289 g/mol.